The number of aromatic nitrogens is 2. The molecule has 0 saturated heterocycles. The quantitative estimate of drug-likeness (QED) is 0.387. The molecule has 0 saturated carbocycles. The van der Waals surface area contributed by atoms with Crippen molar-refractivity contribution < 1.29 is 4.42 Å². The molecule has 2 aromatic carbocycles. The monoisotopic (exact) mass is 425 g/mol. The summed E-state index contributed by atoms with van der Waals surface area (Å²) in [5.41, 5.74) is 2.47. The van der Waals surface area contributed by atoms with E-state index in [0.29, 0.717) is 27.3 Å². The lowest BCUT2D eigenvalue weighted by Gasteiger charge is -2.07. The smallest absolute Gasteiger partial charge is 0.297 e. The van der Waals surface area contributed by atoms with E-state index in [0.717, 1.165) is 16.9 Å². The Morgan fingerprint density at radius 1 is 1.00 bits per heavy atom. The SMILES string of the molecule is Cc1c(N=Cc2ccc(-c3cc(Cl)cc(Cl)c3)o2)c(=O)n(-c2ccccc2)n1C. The highest BCUT2D eigenvalue weighted by molar-refractivity contribution is 6.35. The molecule has 0 amide bonds. The summed E-state index contributed by atoms with van der Waals surface area (Å²) in [7, 11) is 1.83. The topological polar surface area (TPSA) is 52.4 Å². The number of nitrogens with zero attached hydrogens (tertiary/aromatic N) is 3. The van der Waals surface area contributed by atoms with E-state index < -0.39 is 0 Å². The Hall–Kier alpha value is -3.02. The van der Waals surface area contributed by atoms with E-state index in [1.54, 1.807) is 33.6 Å². The summed E-state index contributed by atoms with van der Waals surface area (Å²) in [5, 5.41) is 1.06. The summed E-state index contributed by atoms with van der Waals surface area (Å²) in [6.45, 7) is 1.86. The highest BCUT2D eigenvalue weighted by Gasteiger charge is 2.15. The maximum absolute atomic E-state index is 12.9. The molecule has 0 N–H and O–H groups in total. The van der Waals surface area contributed by atoms with Crippen LogP contribution in [-0.2, 0) is 7.05 Å². The third kappa shape index (κ3) is 3.79. The van der Waals surface area contributed by atoms with Crippen molar-refractivity contribution in [2.24, 2.45) is 12.0 Å². The molecule has 0 unspecified atom stereocenters. The highest BCUT2D eigenvalue weighted by atomic mass is 35.5. The summed E-state index contributed by atoms with van der Waals surface area (Å²) in [5.74, 6) is 1.13. The number of furan rings is 1. The first-order valence-electron chi connectivity index (χ1n) is 8.88. The van der Waals surface area contributed by atoms with Gasteiger partial charge in [0.2, 0.25) is 0 Å². The molecule has 0 atom stereocenters. The molecule has 2 heterocycles. The van der Waals surface area contributed by atoms with E-state index in [1.165, 1.54) is 6.21 Å². The van der Waals surface area contributed by atoms with Crippen molar-refractivity contribution >= 4 is 35.1 Å². The zero-order valence-electron chi connectivity index (χ0n) is 15.8. The van der Waals surface area contributed by atoms with Gasteiger partial charge in [-0.15, -0.1) is 0 Å². The van der Waals surface area contributed by atoms with Crippen molar-refractivity contribution in [1.82, 2.24) is 9.36 Å². The maximum atomic E-state index is 12.9. The van der Waals surface area contributed by atoms with Gasteiger partial charge < -0.3 is 4.42 Å². The van der Waals surface area contributed by atoms with E-state index in [1.807, 2.05) is 50.4 Å². The first kappa shape index (κ1) is 19.3. The zero-order chi connectivity index (χ0) is 20.5. The Labute approximate surface area is 177 Å². The number of hydrogen-bond donors (Lipinski definition) is 0. The molecule has 0 aliphatic rings. The molecule has 0 aliphatic carbocycles. The number of benzene rings is 2. The van der Waals surface area contributed by atoms with Gasteiger partial charge in [0.1, 0.15) is 11.5 Å². The van der Waals surface area contributed by atoms with E-state index in [9.17, 15) is 4.79 Å². The van der Waals surface area contributed by atoms with Crippen LogP contribution in [0.5, 0.6) is 0 Å². The van der Waals surface area contributed by atoms with E-state index in [4.69, 9.17) is 27.6 Å². The summed E-state index contributed by atoms with van der Waals surface area (Å²) < 4.78 is 9.19. The Balaban J connectivity index is 1.67. The summed E-state index contributed by atoms with van der Waals surface area (Å²) >= 11 is 12.1. The lowest BCUT2D eigenvalue weighted by atomic mass is 10.2. The van der Waals surface area contributed by atoms with Crippen molar-refractivity contribution in [1.29, 1.82) is 0 Å². The number of para-hydroxylation sites is 1. The number of halogens is 2. The van der Waals surface area contributed by atoms with Crippen LogP contribution in [0.3, 0.4) is 0 Å². The van der Waals surface area contributed by atoms with Crippen LogP contribution in [0.15, 0.2) is 74.9 Å². The van der Waals surface area contributed by atoms with Gasteiger partial charge in [-0.1, -0.05) is 41.4 Å². The molecular formula is C22H17Cl2N3O2. The van der Waals surface area contributed by atoms with Crippen LogP contribution in [0.25, 0.3) is 17.0 Å². The van der Waals surface area contributed by atoms with Crippen LogP contribution in [0, 0.1) is 6.92 Å². The standard InChI is InChI=1S/C22H17Cl2N3O2/c1-14-21(22(28)27(26(14)2)18-6-4-3-5-7-18)25-13-19-8-9-20(29-19)15-10-16(23)12-17(24)11-15/h3-13H,1-2H3. The Morgan fingerprint density at radius 2 is 1.69 bits per heavy atom. The first-order valence-corrected chi connectivity index (χ1v) is 9.64. The lowest BCUT2D eigenvalue weighted by Crippen LogP contribution is -2.19. The molecule has 0 fully saturated rings. The second-order valence-corrected chi connectivity index (χ2v) is 7.40. The normalized spacial score (nSPS) is 11.4. The predicted molar refractivity (Wildman–Crippen MR) is 117 cm³/mol. The van der Waals surface area contributed by atoms with Gasteiger partial charge in [-0.25, -0.2) is 9.67 Å². The van der Waals surface area contributed by atoms with Gasteiger partial charge in [-0.05, 0) is 49.4 Å². The second-order valence-electron chi connectivity index (χ2n) is 6.53. The fourth-order valence-electron chi connectivity index (χ4n) is 3.10. The third-order valence-electron chi connectivity index (χ3n) is 4.62. The van der Waals surface area contributed by atoms with Gasteiger partial charge >= 0.3 is 0 Å². The zero-order valence-corrected chi connectivity index (χ0v) is 17.3. The van der Waals surface area contributed by atoms with Gasteiger partial charge in [0, 0.05) is 22.7 Å². The first-order chi connectivity index (χ1) is 13.9. The van der Waals surface area contributed by atoms with E-state index in [2.05, 4.69) is 4.99 Å². The molecule has 5 nitrogen and oxygen atoms in total. The van der Waals surface area contributed by atoms with Crippen LogP contribution in [-0.4, -0.2) is 15.6 Å². The fraction of sp³-hybridized carbons (Fsp3) is 0.0909. The summed E-state index contributed by atoms with van der Waals surface area (Å²) in [6.07, 6.45) is 1.54. The van der Waals surface area contributed by atoms with Crippen molar-refractivity contribution in [2.75, 3.05) is 0 Å². The number of hydrogen-bond acceptors (Lipinski definition) is 3. The third-order valence-corrected chi connectivity index (χ3v) is 5.06. The number of aliphatic imine (C=N–C) groups is 1. The van der Waals surface area contributed by atoms with Crippen molar-refractivity contribution in [3.63, 3.8) is 0 Å². The van der Waals surface area contributed by atoms with Gasteiger partial charge in [-0.2, -0.15) is 0 Å². The predicted octanol–water partition coefficient (Wildman–Crippen LogP) is 5.80. The molecule has 4 aromatic rings. The van der Waals surface area contributed by atoms with Crippen molar-refractivity contribution in [2.45, 2.75) is 6.92 Å². The molecule has 2 aromatic heterocycles. The lowest BCUT2D eigenvalue weighted by molar-refractivity contribution is 0.575. The Morgan fingerprint density at radius 3 is 2.38 bits per heavy atom. The molecule has 4 rings (SSSR count). The molecule has 0 bridgehead atoms. The highest BCUT2D eigenvalue weighted by Crippen LogP contribution is 2.28. The molecule has 7 heteroatoms. The minimum atomic E-state index is -0.194. The van der Waals surface area contributed by atoms with Crippen LogP contribution in [0.2, 0.25) is 10.0 Å². The minimum absolute atomic E-state index is 0.194. The van der Waals surface area contributed by atoms with Crippen molar-refractivity contribution in [3.05, 3.63) is 92.5 Å². The van der Waals surface area contributed by atoms with E-state index in [-0.39, 0.29) is 5.56 Å². The van der Waals surface area contributed by atoms with Crippen molar-refractivity contribution in [3.8, 4) is 17.0 Å². The van der Waals surface area contributed by atoms with Gasteiger partial charge in [0.25, 0.3) is 5.56 Å². The second kappa shape index (κ2) is 7.78. The molecule has 146 valence electrons. The van der Waals surface area contributed by atoms with Crippen LogP contribution >= 0.6 is 23.2 Å². The van der Waals surface area contributed by atoms with Gasteiger partial charge in [-0.3, -0.25) is 9.48 Å². The largest absolute Gasteiger partial charge is 0.455 e. The number of rotatable bonds is 4. The average molecular weight is 426 g/mol. The maximum Gasteiger partial charge on any atom is 0.297 e. The molecule has 0 radical (unpaired) electrons. The minimum Gasteiger partial charge on any atom is -0.455 e. The molecule has 0 spiro atoms. The molecule has 0 aliphatic heterocycles. The van der Waals surface area contributed by atoms with E-state index >= 15 is 0 Å². The molecular weight excluding hydrogens is 409 g/mol. The van der Waals surface area contributed by atoms with Crippen LogP contribution in [0.4, 0.5) is 5.69 Å². The van der Waals surface area contributed by atoms with Crippen LogP contribution < -0.4 is 5.56 Å². The average Bonchev–Trinajstić information content (AvgIpc) is 3.24. The Kier molecular flexibility index (Phi) is 5.18. The summed E-state index contributed by atoms with van der Waals surface area (Å²) in [6, 6.07) is 18.2. The Bertz CT molecular complexity index is 1250. The molecule has 29 heavy (non-hydrogen) atoms. The van der Waals surface area contributed by atoms with Gasteiger partial charge in [0.05, 0.1) is 17.6 Å². The summed E-state index contributed by atoms with van der Waals surface area (Å²) in [4.78, 5) is 17.3. The fourth-order valence-corrected chi connectivity index (χ4v) is 3.63. The van der Waals surface area contributed by atoms with Crippen LogP contribution in [0.1, 0.15) is 11.5 Å². The van der Waals surface area contributed by atoms with Gasteiger partial charge in [0.15, 0.2) is 5.69 Å².